The van der Waals surface area contributed by atoms with Crippen LogP contribution in [0.4, 0.5) is 0 Å². The van der Waals surface area contributed by atoms with Gasteiger partial charge in [0.1, 0.15) is 19.8 Å². The van der Waals surface area contributed by atoms with Crippen LogP contribution in [-0.2, 0) is 14.2 Å². The first kappa shape index (κ1) is 16.8. The van der Waals surface area contributed by atoms with Gasteiger partial charge in [0.2, 0.25) is 5.88 Å². The van der Waals surface area contributed by atoms with Crippen LogP contribution in [0.3, 0.4) is 0 Å². The highest BCUT2D eigenvalue weighted by atomic mass is 16.5. The van der Waals surface area contributed by atoms with Crippen LogP contribution in [-0.4, -0.2) is 31.7 Å². The van der Waals surface area contributed by atoms with Gasteiger partial charge in [0.15, 0.2) is 5.90 Å². The number of rotatable bonds is 7. The first-order valence-corrected chi connectivity index (χ1v) is 6.78. The molecular weight excluding hydrogens is 268 g/mol. The van der Waals surface area contributed by atoms with Crippen molar-refractivity contribution in [3.05, 3.63) is 49.4 Å². The van der Waals surface area contributed by atoms with Crippen LogP contribution in [0.2, 0.25) is 0 Å². The largest absolute Gasteiger partial charge is 0.476 e. The van der Waals surface area contributed by atoms with E-state index < -0.39 is 0 Å². The predicted molar refractivity (Wildman–Crippen MR) is 85.3 cm³/mol. The van der Waals surface area contributed by atoms with Gasteiger partial charge in [-0.2, -0.15) is 9.98 Å². The van der Waals surface area contributed by atoms with Crippen molar-refractivity contribution in [1.29, 1.82) is 0 Å². The van der Waals surface area contributed by atoms with Crippen LogP contribution in [0.5, 0.6) is 0 Å². The summed E-state index contributed by atoms with van der Waals surface area (Å²) < 4.78 is 16.5. The SMILES string of the molecule is C=CCO/C1=N/C(OCC=C)=N\C(OCC=C)=C(\C)CC1. The molecule has 1 heterocycles. The van der Waals surface area contributed by atoms with E-state index in [1.54, 1.807) is 18.2 Å². The van der Waals surface area contributed by atoms with Crippen molar-refractivity contribution in [2.45, 2.75) is 19.8 Å². The summed E-state index contributed by atoms with van der Waals surface area (Å²) in [5.74, 6) is 1.08. The number of hydrogen-bond donors (Lipinski definition) is 0. The Morgan fingerprint density at radius 2 is 1.52 bits per heavy atom. The molecule has 1 aliphatic heterocycles. The normalized spacial score (nSPS) is 23.5. The molecule has 0 aromatic rings. The molecule has 1 aliphatic rings. The number of amidine groups is 1. The summed E-state index contributed by atoms with van der Waals surface area (Å²) in [6.07, 6.45) is 6.37. The molecule has 0 spiro atoms. The van der Waals surface area contributed by atoms with Crippen LogP contribution < -0.4 is 0 Å². The summed E-state index contributed by atoms with van der Waals surface area (Å²) >= 11 is 0. The van der Waals surface area contributed by atoms with Gasteiger partial charge in [0, 0.05) is 6.42 Å². The second-order valence-electron chi connectivity index (χ2n) is 4.28. The number of ether oxygens (including phenoxy) is 3. The Morgan fingerprint density at radius 1 is 0.905 bits per heavy atom. The Morgan fingerprint density at radius 3 is 2.19 bits per heavy atom. The Bertz CT molecular complexity index is 476. The summed E-state index contributed by atoms with van der Waals surface area (Å²) in [7, 11) is 0. The molecule has 0 fully saturated rings. The first-order valence-electron chi connectivity index (χ1n) is 6.78. The van der Waals surface area contributed by atoms with Gasteiger partial charge >= 0.3 is 6.02 Å². The van der Waals surface area contributed by atoms with Crippen molar-refractivity contribution >= 4 is 11.9 Å². The minimum Gasteiger partial charge on any atom is -0.476 e. The lowest BCUT2D eigenvalue weighted by molar-refractivity contribution is 0.235. The van der Waals surface area contributed by atoms with Gasteiger partial charge in [-0.3, -0.25) is 0 Å². The van der Waals surface area contributed by atoms with Crippen LogP contribution >= 0.6 is 0 Å². The Balaban J connectivity index is 2.98. The maximum absolute atomic E-state index is 5.55. The highest BCUT2D eigenvalue weighted by molar-refractivity contribution is 5.91. The Hall–Kier alpha value is -2.30. The van der Waals surface area contributed by atoms with E-state index in [4.69, 9.17) is 14.2 Å². The van der Waals surface area contributed by atoms with E-state index in [1.807, 2.05) is 6.92 Å². The van der Waals surface area contributed by atoms with Crippen LogP contribution in [0.25, 0.3) is 0 Å². The number of nitrogens with zero attached hydrogens (tertiary/aromatic N) is 2. The third-order valence-electron chi connectivity index (χ3n) is 2.53. The van der Waals surface area contributed by atoms with Gasteiger partial charge in [0.25, 0.3) is 0 Å². The monoisotopic (exact) mass is 290 g/mol. The molecular formula is C16H22N2O3. The van der Waals surface area contributed by atoms with Gasteiger partial charge < -0.3 is 14.2 Å². The summed E-state index contributed by atoms with van der Waals surface area (Å²) in [4.78, 5) is 8.60. The average Bonchev–Trinajstić information content (AvgIpc) is 2.48. The standard InChI is InChI=1S/C16H22N2O3/c1-5-10-19-14-9-8-13(4)15(20-11-6-2)18-16(17-14)21-12-7-3/h5-7H,1-3,8-12H2,4H3/b15-13+,17-14+,18-16+. The van der Waals surface area contributed by atoms with Gasteiger partial charge in [-0.25, -0.2) is 0 Å². The number of hydrogen-bond acceptors (Lipinski definition) is 5. The molecule has 0 amide bonds. The van der Waals surface area contributed by atoms with E-state index in [0.717, 1.165) is 12.0 Å². The molecule has 0 saturated carbocycles. The quantitative estimate of drug-likeness (QED) is 0.675. The van der Waals surface area contributed by atoms with E-state index in [0.29, 0.717) is 38.0 Å². The van der Waals surface area contributed by atoms with Gasteiger partial charge in [0.05, 0.1) is 0 Å². The molecule has 0 radical (unpaired) electrons. The van der Waals surface area contributed by atoms with Gasteiger partial charge in [-0.15, -0.1) is 0 Å². The van der Waals surface area contributed by atoms with Gasteiger partial charge in [-0.1, -0.05) is 38.0 Å². The summed E-state index contributed by atoms with van der Waals surface area (Å²) in [5.41, 5.74) is 1.01. The molecule has 0 unspecified atom stereocenters. The Kier molecular flexibility index (Phi) is 7.64. The lowest BCUT2D eigenvalue weighted by Gasteiger charge is -2.15. The van der Waals surface area contributed by atoms with E-state index in [2.05, 4.69) is 29.7 Å². The molecule has 0 atom stereocenters. The first-order chi connectivity index (χ1) is 10.2. The van der Waals surface area contributed by atoms with Crippen molar-refractivity contribution in [3.63, 3.8) is 0 Å². The highest BCUT2D eigenvalue weighted by Gasteiger charge is 2.14. The lowest BCUT2D eigenvalue weighted by Crippen LogP contribution is -2.14. The van der Waals surface area contributed by atoms with Crippen LogP contribution in [0.15, 0.2) is 59.4 Å². The van der Waals surface area contributed by atoms with Crippen molar-refractivity contribution in [1.82, 2.24) is 0 Å². The molecule has 0 aromatic carbocycles. The second kappa shape index (κ2) is 9.58. The van der Waals surface area contributed by atoms with Crippen LogP contribution in [0, 0.1) is 0 Å². The summed E-state index contributed by atoms with van der Waals surface area (Å²) in [6, 6.07) is 0.201. The van der Waals surface area contributed by atoms with E-state index in [9.17, 15) is 0 Å². The fourth-order valence-electron chi connectivity index (χ4n) is 1.52. The molecule has 0 bridgehead atoms. The zero-order valence-corrected chi connectivity index (χ0v) is 12.5. The fourth-order valence-corrected chi connectivity index (χ4v) is 1.52. The third kappa shape index (κ3) is 6.12. The van der Waals surface area contributed by atoms with Crippen molar-refractivity contribution in [3.8, 4) is 0 Å². The molecule has 114 valence electrons. The number of allylic oxidation sites excluding steroid dienone is 1. The lowest BCUT2D eigenvalue weighted by atomic mass is 10.1. The second-order valence-corrected chi connectivity index (χ2v) is 4.28. The molecule has 1 rings (SSSR count). The topological polar surface area (TPSA) is 52.4 Å². The zero-order valence-electron chi connectivity index (χ0n) is 12.5. The molecule has 5 nitrogen and oxygen atoms in total. The van der Waals surface area contributed by atoms with E-state index in [1.165, 1.54) is 0 Å². The Labute approximate surface area is 126 Å². The minimum absolute atomic E-state index is 0.201. The van der Waals surface area contributed by atoms with Crippen molar-refractivity contribution in [2.75, 3.05) is 19.8 Å². The van der Waals surface area contributed by atoms with Gasteiger partial charge in [-0.05, 0) is 18.9 Å². The maximum Gasteiger partial charge on any atom is 0.323 e. The predicted octanol–water partition coefficient (Wildman–Crippen LogP) is 3.37. The average molecular weight is 290 g/mol. The number of aliphatic imine (C=N–C) groups is 2. The van der Waals surface area contributed by atoms with Crippen molar-refractivity contribution < 1.29 is 14.2 Å². The fraction of sp³-hybridized carbons (Fsp3) is 0.375. The molecule has 0 N–H and O–H groups in total. The minimum atomic E-state index is 0.201. The highest BCUT2D eigenvalue weighted by Crippen LogP contribution is 2.18. The molecule has 0 aromatic heterocycles. The molecule has 21 heavy (non-hydrogen) atoms. The van der Waals surface area contributed by atoms with Crippen LogP contribution in [0.1, 0.15) is 19.8 Å². The molecule has 0 saturated heterocycles. The zero-order chi connectivity index (χ0) is 15.5. The molecule has 5 heteroatoms. The maximum atomic E-state index is 5.55. The summed E-state index contributed by atoms with van der Waals surface area (Å²) in [5, 5.41) is 0. The third-order valence-corrected chi connectivity index (χ3v) is 2.53. The summed E-state index contributed by atoms with van der Waals surface area (Å²) in [6.45, 7) is 13.9. The van der Waals surface area contributed by atoms with Crippen molar-refractivity contribution in [2.24, 2.45) is 9.98 Å². The smallest absolute Gasteiger partial charge is 0.323 e. The van der Waals surface area contributed by atoms with E-state index >= 15 is 0 Å². The molecule has 0 aliphatic carbocycles. The van der Waals surface area contributed by atoms with E-state index in [-0.39, 0.29) is 6.02 Å².